The summed E-state index contributed by atoms with van der Waals surface area (Å²) in [5, 5.41) is 8.53. The lowest BCUT2D eigenvalue weighted by atomic mass is 10.2. The molecule has 0 aliphatic heterocycles. The van der Waals surface area contributed by atoms with Gasteiger partial charge in [-0.15, -0.1) is 0 Å². The third kappa shape index (κ3) is 5.13. The maximum atomic E-state index is 10.9. The van der Waals surface area contributed by atoms with Crippen LogP contribution < -0.4 is 10.5 Å². The summed E-state index contributed by atoms with van der Waals surface area (Å²) in [5.74, 6) is -1.23. The van der Waals surface area contributed by atoms with Crippen molar-refractivity contribution < 1.29 is 19.4 Å². The van der Waals surface area contributed by atoms with Gasteiger partial charge in [0.2, 0.25) is 5.91 Å². The zero-order valence-corrected chi connectivity index (χ0v) is 11.9. The first kappa shape index (κ1) is 15.2. The molecule has 1 aromatic rings. The van der Waals surface area contributed by atoms with Crippen molar-refractivity contribution in [3.05, 3.63) is 34.3 Å². The lowest BCUT2D eigenvalue weighted by molar-refractivity contribution is -0.131. The number of carboxylic acids is 1. The number of aliphatic carboxylic acids is 1. The maximum absolute atomic E-state index is 10.9. The van der Waals surface area contributed by atoms with E-state index in [1.54, 1.807) is 25.1 Å². The molecule has 1 unspecified atom stereocenters. The van der Waals surface area contributed by atoms with Crippen LogP contribution >= 0.6 is 15.9 Å². The zero-order chi connectivity index (χ0) is 14.4. The number of hydrogen-bond donors (Lipinski definition) is 2. The molecule has 0 aliphatic rings. The van der Waals surface area contributed by atoms with E-state index in [0.717, 1.165) is 11.6 Å². The topological polar surface area (TPSA) is 89.6 Å². The lowest BCUT2D eigenvalue weighted by Crippen LogP contribution is -2.25. The monoisotopic (exact) mass is 327 g/mol. The lowest BCUT2D eigenvalue weighted by Gasteiger charge is -2.11. The molecule has 6 heteroatoms. The van der Waals surface area contributed by atoms with Crippen molar-refractivity contribution in [1.82, 2.24) is 0 Å². The smallest absolute Gasteiger partial charge is 0.328 e. The fraction of sp³-hybridized carbons (Fsp3) is 0.231. The summed E-state index contributed by atoms with van der Waals surface area (Å²) in [6, 6.07) is 5.14. The highest BCUT2D eigenvalue weighted by Crippen LogP contribution is 2.26. The van der Waals surface area contributed by atoms with Gasteiger partial charge in [-0.3, -0.25) is 4.79 Å². The van der Waals surface area contributed by atoms with Gasteiger partial charge in [0, 0.05) is 6.08 Å². The van der Waals surface area contributed by atoms with Gasteiger partial charge in [-0.2, -0.15) is 0 Å². The summed E-state index contributed by atoms with van der Waals surface area (Å²) in [6.07, 6.45) is 2.53. The van der Waals surface area contributed by atoms with Crippen molar-refractivity contribution in [2.75, 3.05) is 6.61 Å². The number of benzene rings is 1. The predicted molar refractivity (Wildman–Crippen MR) is 74.7 cm³/mol. The number of ether oxygens (including phenoxy) is 1. The van der Waals surface area contributed by atoms with E-state index < -0.39 is 11.9 Å². The van der Waals surface area contributed by atoms with Crippen molar-refractivity contribution in [3.63, 3.8) is 0 Å². The molecule has 0 saturated carbocycles. The normalized spacial score (nSPS) is 12.3. The van der Waals surface area contributed by atoms with Gasteiger partial charge in [0.05, 0.1) is 17.0 Å². The van der Waals surface area contributed by atoms with Crippen LogP contribution in [-0.2, 0) is 9.59 Å². The van der Waals surface area contributed by atoms with Crippen LogP contribution in [0.4, 0.5) is 0 Å². The van der Waals surface area contributed by atoms with E-state index in [0.29, 0.717) is 10.2 Å². The van der Waals surface area contributed by atoms with Gasteiger partial charge in [0.15, 0.2) is 0 Å². The fourth-order valence-corrected chi connectivity index (χ4v) is 1.71. The molecule has 0 spiro atoms. The molecule has 102 valence electrons. The number of rotatable bonds is 6. The number of amides is 1. The molecular formula is C13H14BrNO4. The van der Waals surface area contributed by atoms with E-state index in [1.807, 2.05) is 0 Å². The standard InChI is InChI=1S/C13H14BrNO4/c1-8(13(15)18)7-19-11-4-2-9(6-10(11)14)3-5-12(16)17/h2-6,8H,7H2,1H3,(H2,15,18)(H,16,17). The zero-order valence-electron chi connectivity index (χ0n) is 10.3. The number of hydrogen-bond acceptors (Lipinski definition) is 3. The van der Waals surface area contributed by atoms with E-state index in [4.69, 9.17) is 15.6 Å². The second-order valence-corrected chi connectivity index (χ2v) is 4.83. The highest BCUT2D eigenvalue weighted by Gasteiger charge is 2.10. The van der Waals surface area contributed by atoms with E-state index in [9.17, 15) is 9.59 Å². The van der Waals surface area contributed by atoms with Crippen LogP contribution in [0.15, 0.2) is 28.7 Å². The summed E-state index contributed by atoms with van der Waals surface area (Å²) in [4.78, 5) is 21.3. The Morgan fingerprint density at radius 2 is 2.21 bits per heavy atom. The van der Waals surface area contributed by atoms with Crippen molar-refractivity contribution in [2.24, 2.45) is 11.7 Å². The Labute approximate surface area is 119 Å². The summed E-state index contributed by atoms with van der Waals surface area (Å²) in [7, 11) is 0. The first-order valence-corrected chi connectivity index (χ1v) is 6.32. The number of carbonyl (C=O) groups is 2. The largest absolute Gasteiger partial charge is 0.492 e. The van der Waals surface area contributed by atoms with Crippen LogP contribution in [0, 0.1) is 5.92 Å². The van der Waals surface area contributed by atoms with Gasteiger partial charge in [-0.1, -0.05) is 13.0 Å². The summed E-state index contributed by atoms with van der Waals surface area (Å²) in [5.41, 5.74) is 5.86. The third-order valence-corrected chi connectivity index (χ3v) is 2.97. The highest BCUT2D eigenvalue weighted by atomic mass is 79.9. The van der Waals surface area contributed by atoms with Gasteiger partial charge >= 0.3 is 5.97 Å². The predicted octanol–water partition coefficient (Wildman–Crippen LogP) is 2.05. The van der Waals surface area contributed by atoms with Gasteiger partial charge < -0.3 is 15.6 Å². The van der Waals surface area contributed by atoms with Crippen LogP contribution in [0.25, 0.3) is 6.08 Å². The van der Waals surface area contributed by atoms with Crippen molar-refractivity contribution in [1.29, 1.82) is 0 Å². The minimum absolute atomic E-state index is 0.193. The SMILES string of the molecule is CC(COc1ccc(C=CC(=O)O)cc1Br)C(N)=O. The van der Waals surface area contributed by atoms with Gasteiger partial charge in [-0.25, -0.2) is 4.79 Å². The molecule has 0 aliphatic carbocycles. The van der Waals surface area contributed by atoms with Crippen LogP contribution in [-0.4, -0.2) is 23.6 Å². The Morgan fingerprint density at radius 1 is 1.53 bits per heavy atom. The molecule has 0 saturated heterocycles. The van der Waals surface area contributed by atoms with E-state index in [2.05, 4.69) is 15.9 Å². The van der Waals surface area contributed by atoms with Gasteiger partial charge in [0.25, 0.3) is 0 Å². The highest BCUT2D eigenvalue weighted by molar-refractivity contribution is 9.10. The molecule has 3 N–H and O–H groups in total. The van der Waals surface area contributed by atoms with Crippen LogP contribution in [0.3, 0.4) is 0 Å². The molecule has 1 aromatic carbocycles. The molecule has 1 amide bonds. The Kier molecular flexibility index (Phi) is 5.57. The van der Waals surface area contributed by atoms with Crippen molar-refractivity contribution >= 4 is 33.9 Å². The Balaban J connectivity index is 2.72. The van der Waals surface area contributed by atoms with E-state index in [1.165, 1.54) is 6.08 Å². The molecule has 0 aromatic heterocycles. The second-order valence-electron chi connectivity index (χ2n) is 3.98. The van der Waals surface area contributed by atoms with Crippen molar-refractivity contribution in [3.8, 4) is 5.75 Å². The first-order chi connectivity index (χ1) is 8.90. The van der Waals surface area contributed by atoms with E-state index in [-0.39, 0.29) is 12.5 Å². The minimum atomic E-state index is -1.01. The quantitative estimate of drug-likeness (QED) is 0.782. The number of primary amides is 1. The molecule has 1 rings (SSSR count). The molecule has 5 nitrogen and oxygen atoms in total. The molecule has 0 bridgehead atoms. The van der Waals surface area contributed by atoms with Gasteiger partial charge in [0.1, 0.15) is 5.75 Å². The number of carbonyl (C=O) groups excluding carboxylic acids is 1. The summed E-state index contributed by atoms with van der Waals surface area (Å²) < 4.78 is 6.13. The van der Waals surface area contributed by atoms with Gasteiger partial charge in [-0.05, 0) is 39.7 Å². The van der Waals surface area contributed by atoms with E-state index >= 15 is 0 Å². The molecule has 19 heavy (non-hydrogen) atoms. The van der Waals surface area contributed by atoms with Crippen LogP contribution in [0.5, 0.6) is 5.75 Å². The van der Waals surface area contributed by atoms with Crippen LogP contribution in [0.2, 0.25) is 0 Å². The number of halogens is 1. The first-order valence-electron chi connectivity index (χ1n) is 5.53. The summed E-state index contributed by atoms with van der Waals surface area (Å²) in [6.45, 7) is 1.87. The molecule has 0 fully saturated rings. The molecule has 0 radical (unpaired) electrons. The average Bonchev–Trinajstić information content (AvgIpc) is 2.34. The molecule has 0 heterocycles. The Bertz CT molecular complexity index is 513. The number of nitrogens with two attached hydrogens (primary N) is 1. The Hall–Kier alpha value is -1.82. The maximum Gasteiger partial charge on any atom is 0.328 e. The average molecular weight is 328 g/mol. The third-order valence-electron chi connectivity index (χ3n) is 2.35. The van der Waals surface area contributed by atoms with Crippen molar-refractivity contribution in [2.45, 2.75) is 6.92 Å². The fourth-order valence-electron chi connectivity index (χ4n) is 1.20. The number of carboxylic acid groups (broad SMARTS) is 1. The molecule has 1 atom stereocenters. The minimum Gasteiger partial charge on any atom is -0.492 e. The second kappa shape index (κ2) is 6.94. The summed E-state index contributed by atoms with van der Waals surface area (Å²) >= 11 is 3.32. The van der Waals surface area contributed by atoms with Crippen LogP contribution in [0.1, 0.15) is 12.5 Å². The Morgan fingerprint density at radius 3 is 2.74 bits per heavy atom. The molecular weight excluding hydrogens is 314 g/mol.